The summed E-state index contributed by atoms with van der Waals surface area (Å²) in [4.78, 5) is 0. The van der Waals surface area contributed by atoms with Crippen molar-refractivity contribution in [2.75, 3.05) is 7.11 Å². The molecule has 4 aliphatic carbocycles. The van der Waals surface area contributed by atoms with E-state index >= 15 is 0 Å². The zero-order chi connectivity index (χ0) is 16.3. The fourth-order valence-corrected chi connectivity index (χ4v) is 6.25. The van der Waals surface area contributed by atoms with E-state index < -0.39 is 0 Å². The van der Waals surface area contributed by atoms with E-state index in [9.17, 15) is 0 Å². The van der Waals surface area contributed by atoms with Crippen molar-refractivity contribution in [2.45, 2.75) is 43.9 Å². The van der Waals surface area contributed by atoms with Crippen molar-refractivity contribution >= 4 is 12.2 Å². The van der Waals surface area contributed by atoms with Gasteiger partial charge in [-0.3, -0.25) is 9.67 Å². The highest BCUT2D eigenvalue weighted by Crippen LogP contribution is 2.60. The molecule has 126 valence electrons. The van der Waals surface area contributed by atoms with Gasteiger partial charge in [-0.1, -0.05) is 0 Å². The summed E-state index contributed by atoms with van der Waals surface area (Å²) in [5, 5.41) is 7.81. The minimum Gasteiger partial charge on any atom is -0.497 e. The minimum absolute atomic E-state index is 0.224. The largest absolute Gasteiger partial charge is 0.497 e. The third-order valence-electron chi connectivity index (χ3n) is 6.52. The Hall–Kier alpha value is -1.62. The van der Waals surface area contributed by atoms with Crippen LogP contribution in [0.4, 0.5) is 0 Å². The molecule has 1 heterocycles. The van der Waals surface area contributed by atoms with Crippen molar-refractivity contribution < 1.29 is 4.74 Å². The van der Waals surface area contributed by atoms with Crippen molar-refractivity contribution in [2.24, 2.45) is 17.8 Å². The summed E-state index contributed by atoms with van der Waals surface area (Å²) in [6.07, 6.45) is 8.17. The van der Waals surface area contributed by atoms with Crippen molar-refractivity contribution in [3.63, 3.8) is 0 Å². The van der Waals surface area contributed by atoms with Crippen LogP contribution in [-0.2, 0) is 5.41 Å². The van der Waals surface area contributed by atoms with Crippen LogP contribution in [0.3, 0.4) is 0 Å². The van der Waals surface area contributed by atoms with E-state index in [1.165, 1.54) is 38.5 Å². The Labute approximate surface area is 147 Å². The van der Waals surface area contributed by atoms with Crippen molar-refractivity contribution in [1.82, 2.24) is 14.8 Å². The summed E-state index contributed by atoms with van der Waals surface area (Å²) in [5.74, 6) is 4.71. The lowest BCUT2D eigenvalue weighted by atomic mass is 9.49. The van der Waals surface area contributed by atoms with Crippen molar-refractivity contribution in [3.8, 4) is 11.4 Å². The number of aromatic nitrogens is 3. The molecule has 0 atom stereocenters. The topological polar surface area (TPSA) is 42.8 Å². The average Bonchev–Trinajstić information content (AvgIpc) is 2.96. The maximum Gasteiger partial charge on any atom is 0.199 e. The van der Waals surface area contributed by atoms with E-state index in [4.69, 9.17) is 22.1 Å². The summed E-state index contributed by atoms with van der Waals surface area (Å²) >= 11 is 5.58. The van der Waals surface area contributed by atoms with Gasteiger partial charge in [0, 0.05) is 11.1 Å². The molecule has 4 aliphatic rings. The number of benzene rings is 1. The number of aromatic amines is 1. The van der Waals surface area contributed by atoms with Gasteiger partial charge < -0.3 is 4.74 Å². The number of rotatable bonds is 3. The second kappa shape index (κ2) is 5.19. The van der Waals surface area contributed by atoms with Gasteiger partial charge in [-0.2, -0.15) is 5.10 Å². The molecule has 0 aliphatic heterocycles. The van der Waals surface area contributed by atoms with E-state index in [0.29, 0.717) is 4.77 Å². The maximum atomic E-state index is 5.58. The highest BCUT2D eigenvalue weighted by Gasteiger charge is 2.53. The van der Waals surface area contributed by atoms with Crippen LogP contribution in [0.25, 0.3) is 5.69 Å². The minimum atomic E-state index is 0.224. The number of hydrogen-bond acceptors (Lipinski definition) is 3. The Morgan fingerprint density at radius 1 is 1.08 bits per heavy atom. The molecule has 4 saturated carbocycles. The molecule has 1 N–H and O–H groups in total. The van der Waals surface area contributed by atoms with Crippen molar-refractivity contribution in [3.05, 3.63) is 34.9 Å². The maximum absolute atomic E-state index is 5.58. The van der Waals surface area contributed by atoms with Crippen molar-refractivity contribution in [1.29, 1.82) is 0 Å². The number of ether oxygens (including phenoxy) is 1. The predicted molar refractivity (Wildman–Crippen MR) is 95.2 cm³/mol. The molecule has 2 aromatic rings. The van der Waals surface area contributed by atoms with Crippen LogP contribution in [0.1, 0.15) is 44.3 Å². The molecule has 5 heteroatoms. The summed E-state index contributed by atoms with van der Waals surface area (Å²) in [6.45, 7) is 0. The zero-order valence-electron chi connectivity index (χ0n) is 14.0. The third-order valence-corrected chi connectivity index (χ3v) is 6.79. The van der Waals surface area contributed by atoms with Gasteiger partial charge in [0.15, 0.2) is 4.77 Å². The van der Waals surface area contributed by atoms with Crippen LogP contribution < -0.4 is 4.74 Å². The quantitative estimate of drug-likeness (QED) is 0.841. The molecule has 1 aromatic heterocycles. The molecule has 1 aromatic carbocycles. The summed E-state index contributed by atoms with van der Waals surface area (Å²) in [6, 6.07) is 8.14. The smallest absolute Gasteiger partial charge is 0.199 e. The second-order valence-corrected chi connectivity index (χ2v) is 8.47. The number of methoxy groups -OCH3 is 1. The number of H-pyrrole nitrogens is 1. The third kappa shape index (κ3) is 2.10. The van der Waals surface area contributed by atoms with Gasteiger partial charge in [0.05, 0.1) is 7.11 Å². The number of nitrogens with one attached hydrogen (secondary N) is 1. The first kappa shape index (κ1) is 14.7. The van der Waals surface area contributed by atoms with Gasteiger partial charge in [0.1, 0.15) is 11.6 Å². The average molecular weight is 341 g/mol. The molecule has 0 spiro atoms. The fraction of sp³-hybridized carbons (Fsp3) is 0.579. The molecule has 6 rings (SSSR count). The highest BCUT2D eigenvalue weighted by molar-refractivity contribution is 7.71. The molecule has 24 heavy (non-hydrogen) atoms. The van der Waals surface area contributed by atoms with Crippen LogP contribution in [0.2, 0.25) is 0 Å². The Morgan fingerprint density at radius 3 is 2.21 bits per heavy atom. The summed E-state index contributed by atoms with van der Waals surface area (Å²) in [5.41, 5.74) is 1.31. The van der Waals surface area contributed by atoms with Crippen LogP contribution in [0.15, 0.2) is 24.3 Å². The Morgan fingerprint density at radius 2 is 1.67 bits per heavy atom. The van der Waals surface area contributed by atoms with Crippen LogP contribution >= 0.6 is 12.2 Å². The SMILES string of the molecule is COc1ccc(-n2c(C34CC5CC(CC(C5)C3)C4)n[nH]c2=S)cc1. The first-order valence-corrected chi connectivity index (χ1v) is 9.40. The molecule has 0 unspecified atom stereocenters. The van der Waals surface area contributed by atoms with Crippen LogP contribution in [0, 0.1) is 22.5 Å². The van der Waals surface area contributed by atoms with E-state index in [1.807, 2.05) is 12.1 Å². The van der Waals surface area contributed by atoms with Gasteiger partial charge in [-0.25, -0.2) is 0 Å². The molecular formula is C19H23N3OS. The lowest BCUT2D eigenvalue weighted by molar-refractivity contribution is -0.0102. The zero-order valence-corrected chi connectivity index (χ0v) is 14.8. The second-order valence-electron chi connectivity index (χ2n) is 8.08. The summed E-state index contributed by atoms with van der Waals surface area (Å²) < 4.78 is 8.16. The normalized spacial score (nSPS) is 33.8. The molecule has 0 saturated heterocycles. The van der Waals surface area contributed by atoms with Gasteiger partial charge in [-0.05, 0) is 92.8 Å². The van der Waals surface area contributed by atoms with Gasteiger partial charge in [0.25, 0.3) is 0 Å². The molecule has 4 fully saturated rings. The van der Waals surface area contributed by atoms with Crippen LogP contribution in [0.5, 0.6) is 5.75 Å². The number of nitrogens with zero attached hydrogens (tertiary/aromatic N) is 2. The van der Waals surface area contributed by atoms with Gasteiger partial charge >= 0.3 is 0 Å². The predicted octanol–water partition coefficient (Wildman–Crippen LogP) is 4.41. The monoisotopic (exact) mass is 341 g/mol. The molecule has 4 nitrogen and oxygen atoms in total. The molecular weight excluding hydrogens is 318 g/mol. The first-order valence-electron chi connectivity index (χ1n) is 8.99. The van der Waals surface area contributed by atoms with Gasteiger partial charge in [-0.15, -0.1) is 0 Å². The fourth-order valence-electron chi connectivity index (χ4n) is 6.01. The van der Waals surface area contributed by atoms with E-state index in [1.54, 1.807) is 7.11 Å². The molecule has 4 bridgehead atoms. The van der Waals surface area contributed by atoms with Crippen LogP contribution in [-0.4, -0.2) is 21.9 Å². The lowest BCUT2D eigenvalue weighted by Crippen LogP contribution is -2.49. The van der Waals surface area contributed by atoms with Gasteiger partial charge in [0.2, 0.25) is 0 Å². The number of hydrogen-bond donors (Lipinski definition) is 1. The Balaban J connectivity index is 1.61. The molecule has 0 radical (unpaired) electrons. The highest BCUT2D eigenvalue weighted by atomic mass is 32.1. The molecule has 0 amide bonds. The van der Waals surface area contributed by atoms with E-state index in [-0.39, 0.29) is 5.41 Å². The lowest BCUT2D eigenvalue weighted by Gasteiger charge is -2.56. The standard InChI is InChI=1S/C19H23N3OS/c1-23-16-4-2-15(3-5-16)22-17(20-21-18(22)24)19-9-12-6-13(10-19)8-14(7-12)11-19/h2-5,12-14H,6-11H2,1H3,(H,21,24). The first-order chi connectivity index (χ1) is 11.7. The Kier molecular flexibility index (Phi) is 3.18. The van der Waals surface area contributed by atoms with E-state index in [2.05, 4.69) is 21.8 Å². The summed E-state index contributed by atoms with van der Waals surface area (Å²) in [7, 11) is 1.69. The van der Waals surface area contributed by atoms with E-state index in [0.717, 1.165) is 35.0 Å². The Bertz CT molecular complexity index is 785.